The van der Waals surface area contributed by atoms with Crippen molar-refractivity contribution in [2.45, 2.75) is 59.9 Å². The monoisotopic (exact) mass is 457 g/mol. The van der Waals surface area contributed by atoms with Gasteiger partial charge in [0.05, 0.1) is 28.6 Å². The second-order valence-electron chi connectivity index (χ2n) is 8.52. The van der Waals surface area contributed by atoms with E-state index in [1.165, 1.54) is 0 Å². The first-order chi connectivity index (χ1) is 15.0. The first-order valence-corrected chi connectivity index (χ1v) is 12.5. The molecule has 0 fully saturated rings. The minimum atomic E-state index is -3.44. The van der Waals surface area contributed by atoms with Crippen LogP contribution in [0, 0.1) is 6.92 Å². The van der Waals surface area contributed by atoms with Gasteiger partial charge < -0.3 is 5.32 Å². The summed E-state index contributed by atoms with van der Waals surface area (Å²) in [5, 5.41) is 8.05. The summed E-state index contributed by atoms with van der Waals surface area (Å²) < 4.78 is 28.8. The van der Waals surface area contributed by atoms with Gasteiger partial charge >= 0.3 is 0 Å². The lowest BCUT2D eigenvalue weighted by Crippen LogP contribution is -2.18. The van der Waals surface area contributed by atoms with Gasteiger partial charge in [-0.25, -0.2) is 18.1 Å². The number of fused-ring (bicyclic) bond motifs is 1. The number of aromatic nitrogens is 3. The SMILES string of the molecule is CCCS(=O)(=O)Nc1cccc(NC(=O)c2cc(C(C)C)nc3c2cnn3C(C)C)c1C. The molecule has 0 saturated heterocycles. The van der Waals surface area contributed by atoms with Gasteiger partial charge in [-0.1, -0.05) is 26.8 Å². The number of carbonyl (C=O) groups is 1. The zero-order valence-corrected chi connectivity index (χ0v) is 20.2. The van der Waals surface area contributed by atoms with E-state index in [-0.39, 0.29) is 23.6 Å². The van der Waals surface area contributed by atoms with Crippen LogP contribution in [0.4, 0.5) is 11.4 Å². The Kier molecular flexibility index (Phi) is 6.88. The Morgan fingerprint density at radius 3 is 2.47 bits per heavy atom. The third-order valence-electron chi connectivity index (χ3n) is 5.23. The van der Waals surface area contributed by atoms with Crippen molar-refractivity contribution in [2.75, 3.05) is 15.8 Å². The fraction of sp³-hybridized carbons (Fsp3) is 0.435. The lowest BCUT2D eigenvalue weighted by Gasteiger charge is -2.15. The van der Waals surface area contributed by atoms with Gasteiger partial charge in [0, 0.05) is 17.4 Å². The molecule has 2 heterocycles. The highest BCUT2D eigenvalue weighted by atomic mass is 32.2. The maximum atomic E-state index is 13.3. The highest BCUT2D eigenvalue weighted by Crippen LogP contribution is 2.28. The zero-order valence-electron chi connectivity index (χ0n) is 19.4. The number of amides is 1. The number of anilines is 2. The molecular weight excluding hydrogens is 426 g/mol. The molecule has 3 aromatic rings. The van der Waals surface area contributed by atoms with Gasteiger partial charge in [-0.15, -0.1) is 0 Å². The molecule has 0 saturated carbocycles. The lowest BCUT2D eigenvalue weighted by atomic mass is 10.0. The van der Waals surface area contributed by atoms with Crippen molar-refractivity contribution in [2.24, 2.45) is 0 Å². The van der Waals surface area contributed by atoms with E-state index >= 15 is 0 Å². The van der Waals surface area contributed by atoms with E-state index in [0.29, 0.717) is 40.0 Å². The number of nitrogens with one attached hydrogen (secondary N) is 2. The van der Waals surface area contributed by atoms with Crippen LogP contribution in [0.5, 0.6) is 0 Å². The molecule has 1 amide bonds. The van der Waals surface area contributed by atoms with E-state index in [9.17, 15) is 13.2 Å². The molecule has 2 N–H and O–H groups in total. The molecule has 0 unspecified atom stereocenters. The minimum absolute atomic E-state index is 0.0375. The normalized spacial score (nSPS) is 12.0. The first-order valence-electron chi connectivity index (χ1n) is 10.8. The second kappa shape index (κ2) is 9.28. The second-order valence-corrected chi connectivity index (χ2v) is 10.4. The molecule has 0 spiro atoms. The zero-order chi connectivity index (χ0) is 23.6. The molecule has 2 aromatic heterocycles. The predicted octanol–water partition coefficient (Wildman–Crippen LogP) is 4.85. The Hall–Kier alpha value is -2.94. The molecule has 0 bridgehead atoms. The van der Waals surface area contributed by atoms with Crippen molar-refractivity contribution in [3.05, 3.63) is 47.3 Å². The first kappa shape index (κ1) is 23.7. The number of rotatable bonds is 8. The van der Waals surface area contributed by atoms with Gasteiger partial charge in [0.25, 0.3) is 5.91 Å². The van der Waals surface area contributed by atoms with Gasteiger partial charge in [-0.05, 0) is 56.9 Å². The fourth-order valence-electron chi connectivity index (χ4n) is 3.46. The van der Waals surface area contributed by atoms with Crippen LogP contribution >= 0.6 is 0 Å². The van der Waals surface area contributed by atoms with Crippen LogP contribution in [-0.2, 0) is 10.0 Å². The summed E-state index contributed by atoms with van der Waals surface area (Å²) >= 11 is 0. The van der Waals surface area contributed by atoms with E-state index in [1.54, 1.807) is 37.4 Å². The number of hydrogen-bond donors (Lipinski definition) is 2. The number of carbonyl (C=O) groups excluding carboxylic acids is 1. The summed E-state index contributed by atoms with van der Waals surface area (Å²) in [5.41, 5.74) is 3.61. The average molecular weight is 458 g/mol. The number of sulfonamides is 1. The van der Waals surface area contributed by atoms with E-state index in [4.69, 9.17) is 4.98 Å². The molecule has 1 aromatic carbocycles. The molecule has 8 nitrogen and oxygen atoms in total. The molecule has 0 atom stereocenters. The summed E-state index contributed by atoms with van der Waals surface area (Å²) in [6.45, 7) is 11.7. The quantitative estimate of drug-likeness (QED) is 0.503. The van der Waals surface area contributed by atoms with Crippen LogP contribution in [0.3, 0.4) is 0 Å². The van der Waals surface area contributed by atoms with Gasteiger partial charge in [0.15, 0.2) is 5.65 Å². The van der Waals surface area contributed by atoms with Gasteiger partial charge in [0.2, 0.25) is 10.0 Å². The van der Waals surface area contributed by atoms with Crippen LogP contribution in [-0.4, -0.2) is 34.8 Å². The maximum Gasteiger partial charge on any atom is 0.256 e. The Labute approximate surface area is 189 Å². The molecule has 0 aliphatic rings. The summed E-state index contributed by atoms with van der Waals surface area (Å²) in [4.78, 5) is 18.1. The summed E-state index contributed by atoms with van der Waals surface area (Å²) in [6, 6.07) is 7.06. The number of hydrogen-bond acceptors (Lipinski definition) is 5. The van der Waals surface area contributed by atoms with Crippen LogP contribution in [0.1, 0.15) is 74.6 Å². The Morgan fingerprint density at radius 1 is 1.16 bits per heavy atom. The van der Waals surface area contributed by atoms with Crippen molar-refractivity contribution in [3.8, 4) is 0 Å². The molecule has 0 aliphatic heterocycles. The van der Waals surface area contributed by atoms with Crippen molar-refractivity contribution in [1.29, 1.82) is 0 Å². The number of benzene rings is 1. The standard InChI is InChI=1S/C23H31N5O3S/c1-7-11-32(30,31)27-20-10-8-9-19(16(20)6)26-23(29)17-12-21(14(2)3)25-22-18(17)13-24-28(22)15(4)5/h8-10,12-15,27H,7,11H2,1-6H3,(H,26,29). The van der Waals surface area contributed by atoms with Crippen molar-refractivity contribution in [1.82, 2.24) is 14.8 Å². The molecule has 3 rings (SSSR count). The van der Waals surface area contributed by atoms with Crippen LogP contribution < -0.4 is 10.0 Å². The molecular formula is C23H31N5O3S. The van der Waals surface area contributed by atoms with Gasteiger partial charge in [-0.3, -0.25) is 9.52 Å². The van der Waals surface area contributed by atoms with Crippen molar-refractivity contribution < 1.29 is 13.2 Å². The van der Waals surface area contributed by atoms with E-state index in [2.05, 4.69) is 15.1 Å². The topological polar surface area (TPSA) is 106 Å². The van der Waals surface area contributed by atoms with Crippen molar-refractivity contribution >= 4 is 38.3 Å². The lowest BCUT2D eigenvalue weighted by molar-refractivity contribution is 0.102. The smallest absolute Gasteiger partial charge is 0.256 e. The van der Waals surface area contributed by atoms with Crippen LogP contribution in [0.15, 0.2) is 30.5 Å². The fourth-order valence-corrected chi connectivity index (χ4v) is 4.65. The highest BCUT2D eigenvalue weighted by molar-refractivity contribution is 7.92. The molecule has 0 aliphatic carbocycles. The third-order valence-corrected chi connectivity index (χ3v) is 6.71. The Morgan fingerprint density at radius 2 is 1.84 bits per heavy atom. The molecule has 9 heteroatoms. The predicted molar refractivity (Wildman–Crippen MR) is 129 cm³/mol. The molecule has 32 heavy (non-hydrogen) atoms. The van der Waals surface area contributed by atoms with Crippen LogP contribution in [0.25, 0.3) is 11.0 Å². The van der Waals surface area contributed by atoms with Gasteiger partial charge in [-0.2, -0.15) is 5.10 Å². The third kappa shape index (κ3) is 4.93. The Bertz CT molecular complexity index is 1250. The van der Waals surface area contributed by atoms with E-state index in [0.717, 1.165) is 5.69 Å². The van der Waals surface area contributed by atoms with E-state index < -0.39 is 10.0 Å². The highest BCUT2D eigenvalue weighted by Gasteiger charge is 2.20. The van der Waals surface area contributed by atoms with Crippen molar-refractivity contribution in [3.63, 3.8) is 0 Å². The molecule has 0 radical (unpaired) electrons. The average Bonchev–Trinajstić information content (AvgIpc) is 3.14. The minimum Gasteiger partial charge on any atom is -0.322 e. The van der Waals surface area contributed by atoms with Crippen LogP contribution in [0.2, 0.25) is 0 Å². The Balaban J connectivity index is 2.00. The summed E-state index contributed by atoms with van der Waals surface area (Å²) in [5.74, 6) is -0.116. The summed E-state index contributed by atoms with van der Waals surface area (Å²) in [7, 11) is -3.44. The largest absolute Gasteiger partial charge is 0.322 e. The number of nitrogens with zero attached hydrogens (tertiary/aromatic N) is 3. The maximum absolute atomic E-state index is 13.3. The van der Waals surface area contributed by atoms with E-state index in [1.807, 2.05) is 39.3 Å². The van der Waals surface area contributed by atoms with Gasteiger partial charge in [0.1, 0.15) is 0 Å². The molecule has 172 valence electrons. The summed E-state index contributed by atoms with van der Waals surface area (Å²) in [6.07, 6.45) is 2.19. The number of pyridine rings is 1.